The van der Waals surface area contributed by atoms with E-state index in [9.17, 15) is 4.79 Å². The first-order valence-corrected chi connectivity index (χ1v) is 6.13. The zero-order valence-corrected chi connectivity index (χ0v) is 10.6. The summed E-state index contributed by atoms with van der Waals surface area (Å²) in [4.78, 5) is 11.7. The lowest BCUT2D eigenvalue weighted by Crippen LogP contribution is -2.36. The van der Waals surface area contributed by atoms with Gasteiger partial charge in [-0.25, -0.2) is 0 Å². The summed E-state index contributed by atoms with van der Waals surface area (Å²) in [6.07, 6.45) is 4.49. The summed E-state index contributed by atoms with van der Waals surface area (Å²) >= 11 is 0. The van der Waals surface area contributed by atoms with Crippen LogP contribution in [0.3, 0.4) is 0 Å². The molecule has 17 heavy (non-hydrogen) atoms. The molecule has 5 nitrogen and oxygen atoms in total. The van der Waals surface area contributed by atoms with Crippen molar-refractivity contribution >= 4 is 5.91 Å². The van der Waals surface area contributed by atoms with Gasteiger partial charge in [-0.3, -0.25) is 9.48 Å². The molecular formula is C12H22N4O. The van der Waals surface area contributed by atoms with Crippen LogP contribution in [0.25, 0.3) is 0 Å². The number of nitrogens with two attached hydrogens (primary N) is 1. The summed E-state index contributed by atoms with van der Waals surface area (Å²) in [6, 6.07) is 1.96. The van der Waals surface area contributed by atoms with E-state index in [2.05, 4.69) is 17.3 Å². The number of carbonyl (C=O) groups excluding carboxylic acids is 1. The molecule has 96 valence electrons. The quantitative estimate of drug-likeness (QED) is 0.724. The Balaban J connectivity index is 2.28. The Morgan fingerprint density at radius 1 is 1.65 bits per heavy atom. The second-order valence-electron chi connectivity index (χ2n) is 4.24. The summed E-state index contributed by atoms with van der Waals surface area (Å²) in [6.45, 7) is 3.10. The molecule has 0 aliphatic rings. The standard InChI is InChI=1S/C12H22N4O/c1-3-4-10(9-13)12(17)14-7-5-11-6-8-16(2)15-11/h6,8,10H,3-5,7,9,13H2,1-2H3,(H,14,17). The van der Waals surface area contributed by atoms with Gasteiger partial charge in [0.05, 0.1) is 11.6 Å². The lowest BCUT2D eigenvalue weighted by Gasteiger charge is -2.13. The van der Waals surface area contributed by atoms with Crippen LogP contribution >= 0.6 is 0 Å². The monoisotopic (exact) mass is 238 g/mol. The smallest absolute Gasteiger partial charge is 0.224 e. The molecule has 1 rings (SSSR count). The van der Waals surface area contributed by atoms with Gasteiger partial charge in [0.2, 0.25) is 5.91 Å². The highest BCUT2D eigenvalue weighted by Crippen LogP contribution is 2.04. The molecule has 0 aliphatic carbocycles. The SMILES string of the molecule is CCCC(CN)C(=O)NCCc1ccn(C)n1. The van der Waals surface area contributed by atoms with Crippen molar-refractivity contribution in [3.05, 3.63) is 18.0 Å². The topological polar surface area (TPSA) is 72.9 Å². The van der Waals surface area contributed by atoms with Crippen LogP contribution in [0.1, 0.15) is 25.5 Å². The average Bonchev–Trinajstić information content (AvgIpc) is 2.71. The first-order valence-electron chi connectivity index (χ1n) is 6.13. The van der Waals surface area contributed by atoms with Gasteiger partial charge in [0, 0.05) is 32.8 Å². The van der Waals surface area contributed by atoms with Crippen molar-refractivity contribution in [2.24, 2.45) is 18.7 Å². The minimum absolute atomic E-state index is 0.0521. The van der Waals surface area contributed by atoms with E-state index in [0.29, 0.717) is 13.1 Å². The minimum atomic E-state index is -0.0521. The zero-order valence-electron chi connectivity index (χ0n) is 10.6. The second kappa shape index (κ2) is 7.06. The first kappa shape index (κ1) is 13.7. The molecule has 1 unspecified atom stereocenters. The molecule has 0 saturated carbocycles. The van der Waals surface area contributed by atoms with E-state index in [0.717, 1.165) is 25.0 Å². The lowest BCUT2D eigenvalue weighted by atomic mass is 10.0. The fourth-order valence-electron chi connectivity index (χ4n) is 1.76. The van der Waals surface area contributed by atoms with Crippen molar-refractivity contribution in [2.45, 2.75) is 26.2 Å². The molecule has 0 spiro atoms. The van der Waals surface area contributed by atoms with Gasteiger partial charge >= 0.3 is 0 Å². The molecule has 0 radical (unpaired) electrons. The number of aromatic nitrogens is 2. The van der Waals surface area contributed by atoms with Gasteiger partial charge in [0.1, 0.15) is 0 Å². The van der Waals surface area contributed by atoms with E-state index in [1.54, 1.807) is 4.68 Å². The predicted molar refractivity (Wildman–Crippen MR) is 67.4 cm³/mol. The van der Waals surface area contributed by atoms with Crippen LogP contribution in [0.4, 0.5) is 0 Å². The molecule has 0 fully saturated rings. The van der Waals surface area contributed by atoms with Gasteiger partial charge < -0.3 is 11.1 Å². The Labute approximate surface area is 102 Å². The Hall–Kier alpha value is -1.36. The van der Waals surface area contributed by atoms with Crippen molar-refractivity contribution in [3.8, 4) is 0 Å². The zero-order chi connectivity index (χ0) is 12.7. The number of nitrogens with one attached hydrogen (secondary N) is 1. The molecule has 1 amide bonds. The number of aryl methyl sites for hydroxylation is 1. The Morgan fingerprint density at radius 3 is 2.94 bits per heavy atom. The van der Waals surface area contributed by atoms with Crippen LogP contribution in [-0.2, 0) is 18.3 Å². The van der Waals surface area contributed by atoms with Gasteiger partial charge in [-0.15, -0.1) is 0 Å². The lowest BCUT2D eigenvalue weighted by molar-refractivity contribution is -0.124. The van der Waals surface area contributed by atoms with Crippen LogP contribution in [0.5, 0.6) is 0 Å². The van der Waals surface area contributed by atoms with Crippen molar-refractivity contribution in [2.75, 3.05) is 13.1 Å². The van der Waals surface area contributed by atoms with Crippen molar-refractivity contribution in [1.82, 2.24) is 15.1 Å². The van der Waals surface area contributed by atoms with Gasteiger partial charge in [-0.2, -0.15) is 5.10 Å². The van der Waals surface area contributed by atoms with Crippen LogP contribution in [0.15, 0.2) is 12.3 Å². The molecule has 1 aromatic heterocycles. The average molecular weight is 238 g/mol. The third kappa shape index (κ3) is 4.56. The van der Waals surface area contributed by atoms with Crippen LogP contribution < -0.4 is 11.1 Å². The van der Waals surface area contributed by atoms with E-state index < -0.39 is 0 Å². The molecule has 0 aromatic carbocycles. The van der Waals surface area contributed by atoms with E-state index >= 15 is 0 Å². The van der Waals surface area contributed by atoms with Crippen LogP contribution in [0, 0.1) is 5.92 Å². The summed E-state index contributed by atoms with van der Waals surface area (Å²) in [5, 5.41) is 7.16. The molecule has 1 atom stereocenters. The number of carbonyl (C=O) groups is 1. The molecule has 0 bridgehead atoms. The van der Waals surface area contributed by atoms with Crippen molar-refractivity contribution in [1.29, 1.82) is 0 Å². The Morgan fingerprint density at radius 2 is 2.41 bits per heavy atom. The predicted octanol–water partition coefficient (Wildman–Crippen LogP) is 0.454. The summed E-state index contributed by atoms with van der Waals surface area (Å²) in [5.41, 5.74) is 6.56. The fraction of sp³-hybridized carbons (Fsp3) is 0.667. The maximum Gasteiger partial charge on any atom is 0.224 e. The van der Waals surface area contributed by atoms with E-state index in [1.807, 2.05) is 19.3 Å². The number of nitrogens with zero attached hydrogens (tertiary/aromatic N) is 2. The van der Waals surface area contributed by atoms with Gasteiger partial charge in [-0.1, -0.05) is 13.3 Å². The largest absolute Gasteiger partial charge is 0.355 e. The maximum absolute atomic E-state index is 11.7. The normalized spacial score (nSPS) is 12.4. The fourth-order valence-corrected chi connectivity index (χ4v) is 1.76. The van der Waals surface area contributed by atoms with Crippen LogP contribution in [-0.4, -0.2) is 28.8 Å². The number of amides is 1. The van der Waals surface area contributed by atoms with Crippen LogP contribution in [0.2, 0.25) is 0 Å². The molecular weight excluding hydrogens is 216 g/mol. The molecule has 1 heterocycles. The molecule has 0 saturated heterocycles. The van der Waals surface area contributed by atoms with Gasteiger partial charge in [-0.05, 0) is 12.5 Å². The summed E-state index contributed by atoms with van der Waals surface area (Å²) in [5.74, 6) is 0.00835. The van der Waals surface area contributed by atoms with Crippen molar-refractivity contribution in [3.63, 3.8) is 0 Å². The molecule has 5 heteroatoms. The minimum Gasteiger partial charge on any atom is -0.355 e. The van der Waals surface area contributed by atoms with Gasteiger partial charge in [0.15, 0.2) is 0 Å². The Kier molecular flexibility index (Phi) is 5.69. The van der Waals surface area contributed by atoms with E-state index in [4.69, 9.17) is 5.73 Å². The first-order chi connectivity index (χ1) is 8.17. The third-order valence-electron chi connectivity index (χ3n) is 2.74. The number of hydrogen-bond acceptors (Lipinski definition) is 3. The number of rotatable bonds is 7. The van der Waals surface area contributed by atoms with E-state index in [1.165, 1.54) is 0 Å². The van der Waals surface area contributed by atoms with E-state index in [-0.39, 0.29) is 11.8 Å². The number of hydrogen-bond donors (Lipinski definition) is 2. The third-order valence-corrected chi connectivity index (χ3v) is 2.74. The molecule has 3 N–H and O–H groups in total. The highest BCUT2D eigenvalue weighted by Gasteiger charge is 2.14. The second-order valence-corrected chi connectivity index (χ2v) is 4.24. The summed E-state index contributed by atoms with van der Waals surface area (Å²) in [7, 11) is 1.88. The summed E-state index contributed by atoms with van der Waals surface area (Å²) < 4.78 is 1.76. The highest BCUT2D eigenvalue weighted by molar-refractivity contribution is 5.78. The van der Waals surface area contributed by atoms with Gasteiger partial charge in [0.25, 0.3) is 0 Å². The highest BCUT2D eigenvalue weighted by atomic mass is 16.1. The Bertz CT molecular complexity index is 348. The van der Waals surface area contributed by atoms with Crippen molar-refractivity contribution < 1.29 is 4.79 Å². The molecule has 1 aromatic rings. The maximum atomic E-state index is 11.7. The molecule has 0 aliphatic heterocycles.